The highest BCUT2D eigenvalue weighted by Gasteiger charge is 2.07. The topological polar surface area (TPSA) is 82.3 Å². The van der Waals surface area contributed by atoms with Gasteiger partial charge in [-0.25, -0.2) is 18.4 Å². The monoisotopic (exact) mass is 410 g/mol. The first kappa shape index (κ1) is 20.8. The number of rotatable bonds is 6. The van der Waals surface area contributed by atoms with E-state index in [0.29, 0.717) is 22.5 Å². The third-order valence-corrected chi connectivity index (χ3v) is 4.17. The van der Waals surface area contributed by atoms with Crippen LogP contribution in [0.4, 0.5) is 29.7 Å². The van der Waals surface area contributed by atoms with Crippen LogP contribution in [0, 0.1) is 11.6 Å². The first-order chi connectivity index (χ1) is 14.5. The lowest BCUT2D eigenvalue weighted by molar-refractivity contribution is 0.251. The fraction of sp³-hybridized carbons (Fsp3) is 0.0909. The second-order valence-electron chi connectivity index (χ2n) is 6.38. The molecule has 0 bridgehead atoms. The molecule has 0 saturated heterocycles. The number of anilines is 2. The molecule has 0 fully saturated rings. The van der Waals surface area contributed by atoms with E-state index in [4.69, 9.17) is 0 Å². The molecule has 3 aromatic carbocycles. The standard InChI is InChI=1S/C22H20F2N4O2/c23-19-10-3-1-6-15(19)13-25-21(29)27-17-8-5-9-18(12-17)28-22(30)26-14-16-7-2-4-11-20(16)24/h1-12H,13-14H2,(H2,25,27,29)(H2,26,28,30). The molecular weight excluding hydrogens is 390 g/mol. The van der Waals surface area contributed by atoms with Gasteiger partial charge in [-0.1, -0.05) is 42.5 Å². The zero-order chi connectivity index (χ0) is 21.3. The van der Waals surface area contributed by atoms with Crippen LogP contribution in [0.5, 0.6) is 0 Å². The van der Waals surface area contributed by atoms with E-state index in [9.17, 15) is 18.4 Å². The molecule has 0 saturated carbocycles. The van der Waals surface area contributed by atoms with Crippen LogP contribution in [0.2, 0.25) is 0 Å². The smallest absolute Gasteiger partial charge is 0.319 e. The number of nitrogens with one attached hydrogen (secondary N) is 4. The average Bonchev–Trinajstić information content (AvgIpc) is 2.73. The van der Waals surface area contributed by atoms with Gasteiger partial charge < -0.3 is 21.3 Å². The summed E-state index contributed by atoms with van der Waals surface area (Å²) in [4.78, 5) is 24.1. The highest BCUT2D eigenvalue weighted by atomic mass is 19.1. The van der Waals surface area contributed by atoms with Crippen molar-refractivity contribution in [1.29, 1.82) is 0 Å². The average molecular weight is 410 g/mol. The normalized spacial score (nSPS) is 10.2. The van der Waals surface area contributed by atoms with Crippen LogP contribution >= 0.6 is 0 Å². The predicted octanol–water partition coefficient (Wildman–Crippen LogP) is 4.61. The molecule has 8 heteroatoms. The van der Waals surface area contributed by atoms with E-state index in [0.717, 1.165) is 0 Å². The van der Waals surface area contributed by atoms with E-state index in [1.54, 1.807) is 60.7 Å². The number of hydrogen-bond acceptors (Lipinski definition) is 2. The summed E-state index contributed by atoms with van der Waals surface area (Å²) in [5, 5.41) is 10.4. The Hall–Kier alpha value is -3.94. The summed E-state index contributed by atoms with van der Waals surface area (Å²) in [6.07, 6.45) is 0. The highest BCUT2D eigenvalue weighted by molar-refractivity contribution is 5.92. The Bertz CT molecular complexity index is 964. The summed E-state index contributed by atoms with van der Waals surface area (Å²) < 4.78 is 27.2. The van der Waals surface area contributed by atoms with Crippen molar-refractivity contribution in [3.63, 3.8) is 0 Å². The Morgan fingerprint density at radius 3 is 1.50 bits per heavy atom. The molecule has 0 aliphatic heterocycles. The molecule has 3 aromatic rings. The lowest BCUT2D eigenvalue weighted by atomic mass is 10.2. The van der Waals surface area contributed by atoms with Gasteiger partial charge in [-0.05, 0) is 30.3 Å². The van der Waals surface area contributed by atoms with Crippen LogP contribution < -0.4 is 21.3 Å². The summed E-state index contributed by atoms with van der Waals surface area (Å²) in [7, 11) is 0. The Morgan fingerprint density at radius 1 is 0.633 bits per heavy atom. The van der Waals surface area contributed by atoms with Crippen molar-refractivity contribution in [3.8, 4) is 0 Å². The largest absolute Gasteiger partial charge is 0.334 e. The Morgan fingerprint density at radius 2 is 1.07 bits per heavy atom. The van der Waals surface area contributed by atoms with Gasteiger partial charge in [-0.3, -0.25) is 0 Å². The van der Waals surface area contributed by atoms with Crippen LogP contribution in [-0.2, 0) is 13.1 Å². The summed E-state index contributed by atoms with van der Waals surface area (Å²) >= 11 is 0. The fourth-order valence-corrected chi connectivity index (χ4v) is 2.66. The molecule has 6 nitrogen and oxygen atoms in total. The minimum Gasteiger partial charge on any atom is -0.334 e. The van der Waals surface area contributed by atoms with Crippen molar-refractivity contribution < 1.29 is 18.4 Å². The highest BCUT2D eigenvalue weighted by Crippen LogP contribution is 2.15. The number of benzene rings is 3. The van der Waals surface area contributed by atoms with E-state index in [1.807, 2.05) is 0 Å². The number of urea groups is 2. The third kappa shape index (κ3) is 6.03. The van der Waals surface area contributed by atoms with E-state index in [2.05, 4.69) is 21.3 Å². The summed E-state index contributed by atoms with van der Waals surface area (Å²) in [6.45, 7) is 0.0732. The van der Waals surface area contributed by atoms with Gasteiger partial charge in [0.1, 0.15) is 11.6 Å². The first-order valence-electron chi connectivity index (χ1n) is 9.18. The minimum absolute atomic E-state index is 0.0366. The second-order valence-corrected chi connectivity index (χ2v) is 6.38. The molecule has 0 radical (unpaired) electrons. The summed E-state index contributed by atoms with van der Waals surface area (Å²) in [6, 6.07) is 17.8. The maximum Gasteiger partial charge on any atom is 0.319 e. The molecule has 0 heterocycles. The predicted molar refractivity (Wildman–Crippen MR) is 111 cm³/mol. The van der Waals surface area contributed by atoms with Crippen LogP contribution in [0.15, 0.2) is 72.8 Å². The zero-order valence-electron chi connectivity index (χ0n) is 15.9. The van der Waals surface area contributed by atoms with Crippen molar-refractivity contribution in [2.24, 2.45) is 0 Å². The molecule has 4 amide bonds. The minimum atomic E-state index is -0.514. The van der Waals surface area contributed by atoms with Gasteiger partial charge in [-0.2, -0.15) is 0 Å². The number of carbonyl (C=O) groups excluding carboxylic acids is 2. The van der Waals surface area contributed by atoms with Gasteiger partial charge in [0.25, 0.3) is 0 Å². The van der Waals surface area contributed by atoms with Crippen molar-refractivity contribution in [2.75, 3.05) is 10.6 Å². The van der Waals surface area contributed by atoms with Crippen molar-refractivity contribution in [1.82, 2.24) is 10.6 Å². The van der Waals surface area contributed by atoms with Crippen molar-refractivity contribution >= 4 is 23.4 Å². The SMILES string of the molecule is O=C(NCc1ccccc1F)Nc1cccc(NC(=O)NCc2ccccc2F)c1. The second kappa shape index (κ2) is 10.0. The van der Waals surface area contributed by atoms with Crippen LogP contribution in [0.1, 0.15) is 11.1 Å². The van der Waals surface area contributed by atoms with Gasteiger partial charge in [-0.15, -0.1) is 0 Å². The van der Waals surface area contributed by atoms with E-state index in [-0.39, 0.29) is 13.1 Å². The molecule has 30 heavy (non-hydrogen) atoms. The van der Waals surface area contributed by atoms with E-state index < -0.39 is 23.7 Å². The molecule has 154 valence electrons. The summed E-state index contributed by atoms with van der Waals surface area (Å²) in [5.41, 5.74) is 1.62. The Labute approximate surface area is 172 Å². The van der Waals surface area contributed by atoms with Crippen molar-refractivity contribution in [3.05, 3.63) is 95.6 Å². The number of hydrogen-bond donors (Lipinski definition) is 4. The first-order valence-corrected chi connectivity index (χ1v) is 9.18. The maximum absolute atomic E-state index is 13.6. The van der Waals surface area contributed by atoms with Crippen LogP contribution in [-0.4, -0.2) is 12.1 Å². The Kier molecular flexibility index (Phi) is 6.94. The fourth-order valence-electron chi connectivity index (χ4n) is 2.66. The summed E-state index contributed by atoms with van der Waals surface area (Å²) in [5.74, 6) is -0.796. The molecule has 4 N–H and O–H groups in total. The van der Waals surface area contributed by atoms with Crippen LogP contribution in [0.3, 0.4) is 0 Å². The molecule has 0 atom stereocenters. The quantitative estimate of drug-likeness (QED) is 0.479. The van der Waals surface area contributed by atoms with Gasteiger partial charge in [0, 0.05) is 35.6 Å². The number of amides is 4. The molecule has 0 aromatic heterocycles. The number of carbonyl (C=O) groups is 2. The zero-order valence-corrected chi connectivity index (χ0v) is 15.9. The molecule has 0 spiro atoms. The van der Waals surface area contributed by atoms with E-state index >= 15 is 0 Å². The van der Waals surface area contributed by atoms with Crippen LogP contribution in [0.25, 0.3) is 0 Å². The van der Waals surface area contributed by atoms with Gasteiger partial charge in [0.05, 0.1) is 0 Å². The van der Waals surface area contributed by atoms with Gasteiger partial charge in [0.15, 0.2) is 0 Å². The molecule has 3 rings (SSSR count). The van der Waals surface area contributed by atoms with Gasteiger partial charge in [0.2, 0.25) is 0 Å². The van der Waals surface area contributed by atoms with E-state index in [1.165, 1.54) is 12.1 Å². The lowest BCUT2D eigenvalue weighted by Gasteiger charge is -2.11. The molecular formula is C22H20F2N4O2. The molecule has 0 unspecified atom stereocenters. The van der Waals surface area contributed by atoms with Gasteiger partial charge >= 0.3 is 12.1 Å². The molecule has 0 aliphatic rings. The lowest BCUT2D eigenvalue weighted by Crippen LogP contribution is -2.29. The third-order valence-electron chi connectivity index (χ3n) is 4.17. The Balaban J connectivity index is 1.50. The molecule has 0 aliphatic carbocycles. The maximum atomic E-state index is 13.6. The number of halogens is 2. The van der Waals surface area contributed by atoms with Crippen molar-refractivity contribution in [2.45, 2.75) is 13.1 Å².